The Morgan fingerprint density at radius 1 is 1.32 bits per heavy atom. The number of halogens is 1. The maximum absolute atomic E-state index is 12.5. The van der Waals surface area contributed by atoms with Gasteiger partial charge in [-0.1, -0.05) is 29.8 Å². The maximum Gasteiger partial charge on any atom is 0.222 e. The summed E-state index contributed by atoms with van der Waals surface area (Å²) in [7, 11) is 0. The summed E-state index contributed by atoms with van der Waals surface area (Å²) < 4.78 is 5.31. The molecule has 1 aromatic carbocycles. The van der Waals surface area contributed by atoms with Crippen LogP contribution in [-0.4, -0.2) is 35.5 Å². The lowest BCUT2D eigenvalue weighted by molar-refractivity contribution is 0.0963. The second-order valence-electron chi connectivity index (χ2n) is 6.08. The first-order chi connectivity index (χ1) is 12.2. The Morgan fingerprint density at radius 3 is 2.96 bits per heavy atom. The van der Waals surface area contributed by atoms with Gasteiger partial charge in [-0.25, -0.2) is 9.97 Å². The topological polar surface area (TPSA) is 64.1 Å². The first kappa shape index (κ1) is 17.8. The van der Waals surface area contributed by atoms with Gasteiger partial charge < -0.3 is 10.1 Å². The number of hydrogen-bond donors (Lipinski definition) is 1. The largest absolute Gasteiger partial charge is 0.382 e. The second kappa shape index (κ2) is 8.41. The number of ether oxygens (including phenoxy) is 1. The average Bonchev–Trinajstić information content (AvgIpc) is 2.61. The number of carbonyl (C=O) groups excluding carboxylic acids is 1. The van der Waals surface area contributed by atoms with Gasteiger partial charge in [-0.3, -0.25) is 4.79 Å². The van der Waals surface area contributed by atoms with Crippen LogP contribution in [-0.2, 0) is 11.2 Å². The van der Waals surface area contributed by atoms with Crippen molar-refractivity contribution in [3.8, 4) is 0 Å². The first-order valence-corrected chi connectivity index (χ1v) is 9.02. The Kier molecular flexibility index (Phi) is 6.00. The minimum Gasteiger partial charge on any atom is -0.382 e. The highest BCUT2D eigenvalue weighted by Gasteiger charge is 2.29. The molecule has 0 fully saturated rings. The molecular formula is C19H22ClN3O2. The molecule has 3 rings (SSSR count). The third kappa shape index (κ3) is 4.35. The van der Waals surface area contributed by atoms with E-state index in [9.17, 15) is 4.79 Å². The van der Waals surface area contributed by atoms with E-state index >= 15 is 0 Å². The van der Waals surface area contributed by atoms with Gasteiger partial charge in [0.05, 0.1) is 11.3 Å². The van der Waals surface area contributed by atoms with Crippen LogP contribution in [0, 0.1) is 0 Å². The van der Waals surface area contributed by atoms with Gasteiger partial charge in [0.25, 0.3) is 0 Å². The molecule has 25 heavy (non-hydrogen) atoms. The van der Waals surface area contributed by atoms with Gasteiger partial charge in [-0.05, 0) is 37.3 Å². The average molecular weight is 360 g/mol. The Bertz CT molecular complexity index is 751. The van der Waals surface area contributed by atoms with Crippen molar-refractivity contribution in [2.75, 3.05) is 25.1 Å². The third-order valence-electron chi connectivity index (χ3n) is 4.34. The van der Waals surface area contributed by atoms with Crippen LogP contribution in [0.5, 0.6) is 0 Å². The number of nitrogens with one attached hydrogen (secondary N) is 1. The number of anilines is 1. The molecule has 0 aliphatic heterocycles. The van der Waals surface area contributed by atoms with E-state index in [2.05, 4.69) is 15.3 Å². The predicted octanol–water partition coefficient (Wildman–Crippen LogP) is 3.88. The zero-order valence-corrected chi connectivity index (χ0v) is 15.1. The number of aromatic nitrogens is 2. The van der Waals surface area contributed by atoms with E-state index in [1.165, 1.54) is 0 Å². The summed E-state index contributed by atoms with van der Waals surface area (Å²) in [5.41, 5.74) is 2.43. The number of nitrogens with zero attached hydrogens (tertiary/aromatic N) is 2. The van der Waals surface area contributed by atoms with Crippen LogP contribution >= 0.6 is 11.6 Å². The summed E-state index contributed by atoms with van der Waals surface area (Å²) >= 11 is 6.31. The number of benzene rings is 1. The molecule has 0 saturated carbocycles. The molecule has 0 spiro atoms. The zero-order chi connectivity index (χ0) is 17.6. The molecule has 1 aliphatic carbocycles. The van der Waals surface area contributed by atoms with Gasteiger partial charge in [-0.2, -0.15) is 0 Å². The molecule has 0 saturated heterocycles. The van der Waals surface area contributed by atoms with Gasteiger partial charge in [0.2, 0.25) is 5.95 Å². The number of carbonyl (C=O) groups is 1. The maximum atomic E-state index is 12.5. The van der Waals surface area contributed by atoms with Crippen LogP contribution in [0.1, 0.15) is 47.3 Å². The molecule has 1 aliphatic rings. The zero-order valence-electron chi connectivity index (χ0n) is 14.3. The van der Waals surface area contributed by atoms with Gasteiger partial charge in [0, 0.05) is 37.4 Å². The van der Waals surface area contributed by atoms with Crippen molar-refractivity contribution in [1.29, 1.82) is 0 Å². The third-order valence-corrected chi connectivity index (χ3v) is 4.68. The van der Waals surface area contributed by atoms with E-state index in [0.29, 0.717) is 36.0 Å². The van der Waals surface area contributed by atoms with Crippen molar-refractivity contribution in [3.05, 3.63) is 52.3 Å². The fourth-order valence-electron chi connectivity index (χ4n) is 3.07. The molecule has 1 heterocycles. The number of Topliss-reactive ketones (excluding diaryl/α,β-unsaturated/α-hetero) is 1. The van der Waals surface area contributed by atoms with Crippen molar-refractivity contribution in [2.24, 2.45) is 0 Å². The van der Waals surface area contributed by atoms with Crippen molar-refractivity contribution in [3.63, 3.8) is 0 Å². The second-order valence-corrected chi connectivity index (χ2v) is 6.49. The van der Waals surface area contributed by atoms with E-state index in [-0.39, 0.29) is 11.7 Å². The Hall–Kier alpha value is -1.98. The summed E-state index contributed by atoms with van der Waals surface area (Å²) in [4.78, 5) is 21.3. The van der Waals surface area contributed by atoms with E-state index in [1.54, 1.807) is 6.20 Å². The molecule has 1 unspecified atom stereocenters. The summed E-state index contributed by atoms with van der Waals surface area (Å²) in [6.07, 6.45) is 3.66. The monoisotopic (exact) mass is 359 g/mol. The fourth-order valence-corrected chi connectivity index (χ4v) is 3.37. The quantitative estimate of drug-likeness (QED) is 0.760. The number of hydrogen-bond acceptors (Lipinski definition) is 5. The predicted molar refractivity (Wildman–Crippen MR) is 98.5 cm³/mol. The molecule has 1 N–H and O–H groups in total. The minimum absolute atomic E-state index is 0.0643. The lowest BCUT2D eigenvalue weighted by Crippen LogP contribution is -2.21. The van der Waals surface area contributed by atoms with E-state index in [0.717, 1.165) is 30.8 Å². The van der Waals surface area contributed by atoms with Crippen molar-refractivity contribution in [2.45, 2.75) is 32.1 Å². The van der Waals surface area contributed by atoms with E-state index in [4.69, 9.17) is 16.3 Å². The molecule has 5 nitrogen and oxygen atoms in total. The highest BCUT2D eigenvalue weighted by molar-refractivity contribution is 6.31. The summed E-state index contributed by atoms with van der Waals surface area (Å²) in [6.45, 7) is 4.15. The summed E-state index contributed by atoms with van der Waals surface area (Å²) in [5, 5.41) is 3.90. The SMILES string of the molecule is CCOCCCNc1ncc2c(n1)CC(c1ccccc1Cl)CC2=O. The Balaban J connectivity index is 1.72. The van der Waals surface area contributed by atoms with Crippen LogP contribution in [0.4, 0.5) is 5.95 Å². The van der Waals surface area contributed by atoms with Crippen molar-refractivity contribution < 1.29 is 9.53 Å². The molecule has 1 atom stereocenters. The highest BCUT2D eigenvalue weighted by atomic mass is 35.5. The molecule has 132 valence electrons. The van der Waals surface area contributed by atoms with Crippen molar-refractivity contribution >= 4 is 23.3 Å². The van der Waals surface area contributed by atoms with Crippen LogP contribution in [0.2, 0.25) is 5.02 Å². The van der Waals surface area contributed by atoms with Gasteiger partial charge in [-0.15, -0.1) is 0 Å². The molecule has 6 heteroatoms. The fraction of sp³-hybridized carbons (Fsp3) is 0.421. The number of fused-ring (bicyclic) bond motifs is 1. The molecular weight excluding hydrogens is 338 g/mol. The van der Waals surface area contributed by atoms with Crippen LogP contribution < -0.4 is 5.32 Å². The van der Waals surface area contributed by atoms with Crippen LogP contribution in [0.15, 0.2) is 30.5 Å². The molecule has 1 aromatic heterocycles. The van der Waals surface area contributed by atoms with Crippen LogP contribution in [0.3, 0.4) is 0 Å². The number of ketones is 1. The van der Waals surface area contributed by atoms with E-state index < -0.39 is 0 Å². The molecule has 0 radical (unpaired) electrons. The number of rotatable bonds is 7. The summed E-state index contributed by atoms with van der Waals surface area (Å²) in [5.74, 6) is 0.700. The minimum atomic E-state index is 0.0643. The molecule has 0 amide bonds. The van der Waals surface area contributed by atoms with Gasteiger partial charge >= 0.3 is 0 Å². The standard InChI is InChI=1S/C19H22ClN3O2/c1-2-25-9-5-8-21-19-22-12-15-17(23-19)10-13(11-18(15)24)14-6-3-4-7-16(14)20/h3-4,6-7,12-13H,2,5,8-11H2,1H3,(H,21,22,23). The smallest absolute Gasteiger partial charge is 0.222 e. The molecule has 0 bridgehead atoms. The van der Waals surface area contributed by atoms with Crippen molar-refractivity contribution in [1.82, 2.24) is 9.97 Å². The van der Waals surface area contributed by atoms with Gasteiger partial charge in [0.1, 0.15) is 0 Å². The lowest BCUT2D eigenvalue weighted by atomic mass is 9.82. The first-order valence-electron chi connectivity index (χ1n) is 8.64. The lowest BCUT2D eigenvalue weighted by Gasteiger charge is -2.24. The van der Waals surface area contributed by atoms with E-state index in [1.807, 2.05) is 31.2 Å². The van der Waals surface area contributed by atoms with Crippen LogP contribution in [0.25, 0.3) is 0 Å². The summed E-state index contributed by atoms with van der Waals surface area (Å²) in [6, 6.07) is 7.70. The molecule has 2 aromatic rings. The normalized spacial score (nSPS) is 16.6. The Morgan fingerprint density at radius 2 is 2.16 bits per heavy atom. The van der Waals surface area contributed by atoms with Gasteiger partial charge in [0.15, 0.2) is 5.78 Å². The Labute approximate surface area is 152 Å². The highest BCUT2D eigenvalue weighted by Crippen LogP contribution is 2.35.